The molecule has 2 rings (SSSR count). The molecule has 0 heterocycles. The zero-order chi connectivity index (χ0) is 19.0. The summed E-state index contributed by atoms with van der Waals surface area (Å²) in [6, 6.07) is 11.7. The van der Waals surface area contributed by atoms with E-state index in [4.69, 9.17) is 0 Å². The second-order valence-electron chi connectivity index (χ2n) is 10.2. The molecule has 0 aliphatic carbocycles. The fraction of sp³-hybridized carbons (Fsp3) is 0.520. The van der Waals surface area contributed by atoms with Crippen molar-refractivity contribution in [3.8, 4) is 11.1 Å². The van der Waals surface area contributed by atoms with Crippen LogP contribution >= 0.6 is 0 Å². The summed E-state index contributed by atoms with van der Waals surface area (Å²) in [6.45, 7) is 20.7. The lowest BCUT2D eigenvalue weighted by Gasteiger charge is -2.26. The van der Waals surface area contributed by atoms with E-state index in [0.29, 0.717) is 10.8 Å². The standard InChI is InChI=1S/C25H36/c1-17-10-11-22(18(2)12-17)23-14-21(16-25(7,8)9)20(13-19(23)3)15-24(4,5)6/h10-14H,15-16H2,1-9H3. The molecule has 0 aliphatic rings. The zero-order valence-electron chi connectivity index (χ0n) is 17.8. The van der Waals surface area contributed by atoms with E-state index in [-0.39, 0.29) is 0 Å². The lowest BCUT2D eigenvalue weighted by Crippen LogP contribution is -2.16. The Morgan fingerprint density at radius 1 is 0.600 bits per heavy atom. The SMILES string of the molecule is Cc1ccc(-c2cc(CC(C)(C)C)c(CC(C)(C)C)cc2C)c(C)c1. The van der Waals surface area contributed by atoms with E-state index in [1.807, 2.05) is 0 Å². The lowest BCUT2D eigenvalue weighted by molar-refractivity contribution is 0.392. The van der Waals surface area contributed by atoms with Gasteiger partial charge in [-0.2, -0.15) is 0 Å². The summed E-state index contributed by atoms with van der Waals surface area (Å²) in [4.78, 5) is 0. The number of aryl methyl sites for hydroxylation is 3. The summed E-state index contributed by atoms with van der Waals surface area (Å²) in [7, 11) is 0. The molecule has 0 N–H and O–H groups in total. The predicted octanol–water partition coefficient (Wildman–Crippen LogP) is 7.46. The van der Waals surface area contributed by atoms with Crippen molar-refractivity contribution in [2.75, 3.05) is 0 Å². The highest BCUT2D eigenvalue weighted by molar-refractivity contribution is 5.72. The molecule has 0 unspecified atom stereocenters. The third-order valence-corrected chi connectivity index (χ3v) is 4.66. The van der Waals surface area contributed by atoms with Crippen LogP contribution in [-0.4, -0.2) is 0 Å². The Bertz CT molecular complexity index is 749. The minimum absolute atomic E-state index is 0.293. The maximum atomic E-state index is 2.47. The molecule has 0 radical (unpaired) electrons. The van der Waals surface area contributed by atoms with Crippen LogP contribution in [0, 0.1) is 31.6 Å². The summed E-state index contributed by atoms with van der Waals surface area (Å²) in [6.07, 6.45) is 2.25. The van der Waals surface area contributed by atoms with Crippen molar-refractivity contribution in [3.63, 3.8) is 0 Å². The first-order chi connectivity index (χ1) is 11.4. The third-order valence-electron chi connectivity index (χ3n) is 4.66. The maximum absolute atomic E-state index is 2.47. The molecule has 25 heavy (non-hydrogen) atoms. The summed E-state index contributed by atoms with van der Waals surface area (Å²) in [5, 5.41) is 0. The van der Waals surface area contributed by atoms with Gasteiger partial charge in [0.05, 0.1) is 0 Å². The van der Waals surface area contributed by atoms with Crippen LogP contribution in [-0.2, 0) is 12.8 Å². The van der Waals surface area contributed by atoms with Gasteiger partial charge in [-0.1, -0.05) is 77.4 Å². The Kier molecular flexibility index (Phi) is 5.52. The predicted molar refractivity (Wildman–Crippen MR) is 112 cm³/mol. The largest absolute Gasteiger partial charge is 0.0599 e. The molecule has 136 valence electrons. The Balaban J connectivity index is 2.61. The zero-order valence-corrected chi connectivity index (χ0v) is 17.8. The number of hydrogen-bond acceptors (Lipinski definition) is 0. The van der Waals surface area contributed by atoms with Crippen molar-refractivity contribution < 1.29 is 0 Å². The van der Waals surface area contributed by atoms with Gasteiger partial charge >= 0.3 is 0 Å². The van der Waals surface area contributed by atoms with Crippen molar-refractivity contribution >= 4 is 0 Å². The number of benzene rings is 2. The van der Waals surface area contributed by atoms with E-state index >= 15 is 0 Å². The molecule has 0 fully saturated rings. The summed E-state index contributed by atoms with van der Waals surface area (Å²) < 4.78 is 0. The molecule has 0 aromatic heterocycles. The topological polar surface area (TPSA) is 0 Å². The summed E-state index contributed by atoms with van der Waals surface area (Å²) >= 11 is 0. The Morgan fingerprint density at radius 2 is 1.08 bits per heavy atom. The average molecular weight is 337 g/mol. The highest BCUT2D eigenvalue weighted by Crippen LogP contribution is 2.34. The molecular formula is C25H36. The lowest BCUT2D eigenvalue weighted by atomic mass is 9.79. The molecule has 2 aromatic rings. The van der Waals surface area contributed by atoms with Crippen molar-refractivity contribution in [3.05, 3.63) is 58.1 Å². The quantitative estimate of drug-likeness (QED) is 0.545. The van der Waals surface area contributed by atoms with Crippen molar-refractivity contribution in [1.82, 2.24) is 0 Å². The van der Waals surface area contributed by atoms with Crippen LogP contribution in [0.3, 0.4) is 0 Å². The fourth-order valence-electron chi connectivity index (χ4n) is 3.69. The first-order valence-corrected chi connectivity index (χ1v) is 9.56. The van der Waals surface area contributed by atoms with Crippen LogP contribution in [0.15, 0.2) is 30.3 Å². The minimum Gasteiger partial charge on any atom is -0.0599 e. The van der Waals surface area contributed by atoms with Gasteiger partial charge in [0.1, 0.15) is 0 Å². The minimum atomic E-state index is 0.293. The van der Waals surface area contributed by atoms with Gasteiger partial charge < -0.3 is 0 Å². The molecule has 0 spiro atoms. The van der Waals surface area contributed by atoms with Crippen molar-refractivity contribution in [2.24, 2.45) is 10.8 Å². The molecule has 0 amide bonds. The van der Waals surface area contributed by atoms with Gasteiger partial charge in [-0.15, -0.1) is 0 Å². The Labute approximate surface area is 155 Å². The van der Waals surface area contributed by atoms with E-state index in [0.717, 1.165) is 12.8 Å². The molecule has 0 nitrogen and oxygen atoms in total. The van der Waals surface area contributed by atoms with Crippen LogP contribution in [0.1, 0.15) is 69.4 Å². The van der Waals surface area contributed by atoms with Crippen LogP contribution < -0.4 is 0 Å². The van der Waals surface area contributed by atoms with Gasteiger partial charge in [-0.25, -0.2) is 0 Å². The Hall–Kier alpha value is -1.56. The maximum Gasteiger partial charge on any atom is -0.0149 e. The molecule has 0 atom stereocenters. The molecule has 2 aromatic carbocycles. The van der Waals surface area contributed by atoms with Crippen LogP contribution in [0.2, 0.25) is 0 Å². The van der Waals surface area contributed by atoms with Crippen LogP contribution in [0.5, 0.6) is 0 Å². The first-order valence-electron chi connectivity index (χ1n) is 9.56. The second kappa shape index (κ2) is 6.98. The molecule has 0 aliphatic heterocycles. The molecular weight excluding hydrogens is 300 g/mol. The van der Waals surface area contributed by atoms with Gasteiger partial charge in [0.15, 0.2) is 0 Å². The van der Waals surface area contributed by atoms with E-state index in [1.54, 1.807) is 0 Å². The summed E-state index contributed by atoms with van der Waals surface area (Å²) in [5.74, 6) is 0. The van der Waals surface area contributed by atoms with E-state index in [1.165, 1.54) is 38.9 Å². The average Bonchev–Trinajstić information content (AvgIpc) is 2.39. The van der Waals surface area contributed by atoms with E-state index in [9.17, 15) is 0 Å². The number of hydrogen-bond donors (Lipinski definition) is 0. The smallest absolute Gasteiger partial charge is 0.0149 e. The third kappa shape index (κ3) is 5.46. The van der Waals surface area contributed by atoms with Crippen LogP contribution in [0.4, 0.5) is 0 Å². The summed E-state index contributed by atoms with van der Waals surface area (Å²) in [5.41, 5.74) is 10.5. The van der Waals surface area contributed by atoms with Gasteiger partial charge in [0.2, 0.25) is 0 Å². The van der Waals surface area contributed by atoms with Crippen molar-refractivity contribution in [2.45, 2.75) is 75.2 Å². The highest BCUT2D eigenvalue weighted by atomic mass is 14.2. The first kappa shape index (κ1) is 19.8. The Morgan fingerprint density at radius 3 is 1.56 bits per heavy atom. The fourth-order valence-corrected chi connectivity index (χ4v) is 3.69. The van der Waals surface area contributed by atoms with E-state index < -0.39 is 0 Å². The number of rotatable bonds is 3. The van der Waals surface area contributed by atoms with Gasteiger partial charge in [-0.3, -0.25) is 0 Å². The molecule has 0 saturated carbocycles. The van der Waals surface area contributed by atoms with Gasteiger partial charge in [0, 0.05) is 0 Å². The monoisotopic (exact) mass is 336 g/mol. The van der Waals surface area contributed by atoms with E-state index in [2.05, 4.69) is 92.6 Å². The van der Waals surface area contributed by atoms with Crippen molar-refractivity contribution in [1.29, 1.82) is 0 Å². The molecule has 0 heteroatoms. The molecule has 0 bridgehead atoms. The van der Waals surface area contributed by atoms with Crippen LogP contribution in [0.25, 0.3) is 11.1 Å². The normalized spacial score (nSPS) is 12.5. The highest BCUT2D eigenvalue weighted by Gasteiger charge is 2.20. The van der Waals surface area contributed by atoms with Gasteiger partial charge in [-0.05, 0) is 77.8 Å². The van der Waals surface area contributed by atoms with Gasteiger partial charge in [0.25, 0.3) is 0 Å². The second-order valence-corrected chi connectivity index (χ2v) is 10.2. The molecule has 0 saturated heterocycles.